The van der Waals surface area contributed by atoms with Gasteiger partial charge >= 0.3 is 0 Å². The molecule has 0 aromatic carbocycles. The minimum atomic E-state index is 0.545. The monoisotopic (exact) mass is 1210 g/mol. The highest BCUT2D eigenvalue weighted by molar-refractivity contribution is 4.97. The first-order chi connectivity index (χ1) is 41.6. The van der Waals surface area contributed by atoms with E-state index in [2.05, 4.69) is 104 Å². The van der Waals surface area contributed by atoms with Gasteiger partial charge in [-0.05, 0) is 211 Å². The molecule has 0 amide bonds. The van der Waals surface area contributed by atoms with Crippen LogP contribution in [-0.2, 0) is 0 Å². The van der Waals surface area contributed by atoms with Crippen molar-refractivity contribution in [2.24, 2.45) is 141 Å². The summed E-state index contributed by atoms with van der Waals surface area (Å²) < 4.78 is 0. The summed E-state index contributed by atoms with van der Waals surface area (Å²) in [6.07, 6.45) is 73.0. The Kier molecular flexibility index (Phi) is 31.9. The van der Waals surface area contributed by atoms with E-state index >= 15 is 0 Å². The summed E-state index contributed by atoms with van der Waals surface area (Å²) in [6.45, 7) is 37.3. The summed E-state index contributed by atoms with van der Waals surface area (Å²) in [6, 6.07) is 0. The average Bonchev–Trinajstić information content (AvgIpc) is 1.39. The maximum atomic E-state index is 2.51. The van der Waals surface area contributed by atoms with Gasteiger partial charge in [-0.25, -0.2) is 0 Å². The van der Waals surface area contributed by atoms with Crippen molar-refractivity contribution in [2.45, 2.75) is 412 Å². The molecule has 7 unspecified atom stereocenters. The third kappa shape index (κ3) is 23.7. The highest BCUT2D eigenvalue weighted by atomic mass is 14.5. The van der Waals surface area contributed by atoms with E-state index in [4.69, 9.17) is 0 Å². The van der Waals surface area contributed by atoms with Gasteiger partial charge in [0.25, 0.3) is 0 Å². The van der Waals surface area contributed by atoms with Crippen LogP contribution in [0.5, 0.6) is 0 Å². The van der Waals surface area contributed by atoms with Crippen LogP contribution in [0.2, 0.25) is 0 Å². The standard InChI is InChI=1S/C17H32.2C15H28.C14H26.2C13H24/c1-13-16(2,3)11-15(12-17(13,4)5)14-9-7-6-8-10-14;1-11-9-15(10-12(2)13(11)3)14-7-5-4-6-8-14;1-12-9-10-14(11-15(12,2)3)13-7-5-4-6-8-13;1-11-8-9-14(10-12(11)2)13-6-4-3-5-7-13;1-11-7-5-6-10-13(11)12-8-3-2-4-9-12;1-11-6-5-9-13(10-11)12-7-3-2-4-8-12/h13-15H,6-12H2,1-5H3;11-15H,4-10H2,1-3H3;12-14H,4-11H2,1-3H3;11-14H,3-10H2,1-2H3;2*11-13H,2-10H2,1H3/t;;12-,14?;11-,12?,14?;2*11-,13?/m..1111/s1. The van der Waals surface area contributed by atoms with Crippen LogP contribution in [0.25, 0.3) is 0 Å². The SMILES string of the molecule is CC1C(C)(C)CC(C2CCCCC2)CC1(C)C.CC1CC(C2CCCCC2)CC(C)C1C.CC1CC(C2CCCCC2)CC[C@H]1C.C[C@@H]1CCC(C2CCCCC2)CC1(C)C.C[C@@H]1CCCC(C2CCCCC2)C1.C[C@@H]1CCCCC1C1CCCCC1. The largest absolute Gasteiger partial charge is 0.0625 e. The lowest BCUT2D eigenvalue weighted by atomic mass is 9.52. The summed E-state index contributed by atoms with van der Waals surface area (Å²) in [4.78, 5) is 0. The molecule has 0 spiro atoms. The van der Waals surface area contributed by atoms with Crippen LogP contribution in [0.4, 0.5) is 0 Å². The molecule has 0 aliphatic heterocycles. The van der Waals surface area contributed by atoms with Crippen molar-refractivity contribution in [3.05, 3.63) is 0 Å². The summed E-state index contributed by atoms with van der Waals surface area (Å²) in [5.41, 5.74) is 1.70. The Labute approximate surface area is 549 Å². The predicted octanol–water partition coefficient (Wildman–Crippen LogP) is 29.0. The number of rotatable bonds is 6. The van der Waals surface area contributed by atoms with E-state index in [1.807, 2.05) is 0 Å². The second kappa shape index (κ2) is 37.3. The molecular weight excluding hydrogens is 1040 g/mol. The Hall–Kier alpha value is 0. The van der Waals surface area contributed by atoms with Crippen molar-refractivity contribution in [1.29, 1.82) is 0 Å². The predicted molar refractivity (Wildman–Crippen MR) is 387 cm³/mol. The van der Waals surface area contributed by atoms with Crippen molar-refractivity contribution < 1.29 is 0 Å². The van der Waals surface area contributed by atoms with Crippen molar-refractivity contribution in [3.63, 3.8) is 0 Å². The molecule has 0 N–H and O–H groups in total. The van der Waals surface area contributed by atoms with Gasteiger partial charge in [0, 0.05) is 0 Å². The van der Waals surface area contributed by atoms with Crippen LogP contribution in [0.1, 0.15) is 412 Å². The molecule has 11 atom stereocenters. The first-order valence-electron chi connectivity index (χ1n) is 41.6. The van der Waals surface area contributed by atoms with Crippen LogP contribution in [0.15, 0.2) is 0 Å². The Balaban J connectivity index is 0.000000149. The van der Waals surface area contributed by atoms with Gasteiger partial charge in [-0.15, -0.1) is 0 Å². The molecular formula is C87H162. The van der Waals surface area contributed by atoms with E-state index in [0.717, 1.165) is 124 Å². The van der Waals surface area contributed by atoms with Crippen LogP contribution >= 0.6 is 0 Å². The molecule has 87 heavy (non-hydrogen) atoms. The lowest BCUT2D eigenvalue weighted by Crippen LogP contribution is -2.44. The summed E-state index contributed by atoms with van der Waals surface area (Å²) in [5, 5.41) is 0. The molecule has 12 fully saturated rings. The third-order valence-corrected chi connectivity index (χ3v) is 30.8. The lowest BCUT2D eigenvalue weighted by Gasteiger charge is -2.53. The third-order valence-electron chi connectivity index (χ3n) is 30.8. The minimum absolute atomic E-state index is 0.545. The van der Waals surface area contributed by atoms with Crippen molar-refractivity contribution in [1.82, 2.24) is 0 Å². The smallest absolute Gasteiger partial charge is 0.0321 e. The van der Waals surface area contributed by atoms with Crippen LogP contribution in [0, 0.1) is 141 Å². The molecule has 510 valence electrons. The first-order valence-corrected chi connectivity index (χ1v) is 41.6. The molecule has 12 aliphatic carbocycles. The topological polar surface area (TPSA) is 0 Å². The zero-order valence-electron chi connectivity index (χ0n) is 62.6. The Morgan fingerprint density at radius 1 is 0.207 bits per heavy atom. The highest BCUT2D eigenvalue weighted by Gasteiger charge is 2.47. The summed E-state index contributed by atoms with van der Waals surface area (Å²) >= 11 is 0. The molecule has 0 heteroatoms. The van der Waals surface area contributed by atoms with Gasteiger partial charge in [0.05, 0.1) is 0 Å². The van der Waals surface area contributed by atoms with E-state index in [1.54, 1.807) is 70.6 Å². The lowest BCUT2D eigenvalue weighted by molar-refractivity contribution is -0.0305. The summed E-state index contributed by atoms with van der Waals surface area (Å²) in [5.74, 6) is 21.8. The van der Waals surface area contributed by atoms with Gasteiger partial charge in [0.1, 0.15) is 0 Å². The summed E-state index contributed by atoms with van der Waals surface area (Å²) in [7, 11) is 0. The molecule has 0 aromatic heterocycles. The second-order valence-corrected chi connectivity index (χ2v) is 38.2. The van der Waals surface area contributed by atoms with Gasteiger partial charge in [-0.2, -0.15) is 0 Å². The Morgan fingerprint density at radius 3 is 0.977 bits per heavy atom. The van der Waals surface area contributed by atoms with E-state index in [0.29, 0.717) is 16.2 Å². The van der Waals surface area contributed by atoms with Crippen molar-refractivity contribution in [3.8, 4) is 0 Å². The van der Waals surface area contributed by atoms with Gasteiger partial charge < -0.3 is 0 Å². The molecule has 12 rings (SSSR count). The fraction of sp³-hybridized carbons (Fsp3) is 1.00. The zero-order chi connectivity index (χ0) is 62.6. The minimum Gasteiger partial charge on any atom is -0.0625 e. The van der Waals surface area contributed by atoms with Gasteiger partial charge in [0.15, 0.2) is 0 Å². The molecule has 0 bridgehead atoms. The van der Waals surface area contributed by atoms with Gasteiger partial charge in [-0.1, -0.05) is 341 Å². The van der Waals surface area contributed by atoms with Crippen LogP contribution in [-0.4, -0.2) is 0 Å². The average molecular weight is 1210 g/mol. The van der Waals surface area contributed by atoms with E-state index in [1.165, 1.54) is 238 Å². The number of hydrogen-bond donors (Lipinski definition) is 0. The van der Waals surface area contributed by atoms with Crippen molar-refractivity contribution >= 4 is 0 Å². The van der Waals surface area contributed by atoms with E-state index in [-0.39, 0.29) is 0 Å². The Bertz CT molecular complexity index is 1710. The Morgan fingerprint density at radius 2 is 0.552 bits per heavy atom. The fourth-order valence-corrected chi connectivity index (χ4v) is 23.4. The molecule has 0 heterocycles. The van der Waals surface area contributed by atoms with Crippen LogP contribution in [0.3, 0.4) is 0 Å². The zero-order valence-corrected chi connectivity index (χ0v) is 62.6. The van der Waals surface area contributed by atoms with E-state index < -0.39 is 0 Å². The van der Waals surface area contributed by atoms with Crippen molar-refractivity contribution in [2.75, 3.05) is 0 Å². The van der Waals surface area contributed by atoms with E-state index in [9.17, 15) is 0 Å². The molecule has 0 aromatic rings. The maximum absolute atomic E-state index is 2.51. The maximum Gasteiger partial charge on any atom is -0.0321 e. The first kappa shape index (κ1) is 74.4. The van der Waals surface area contributed by atoms with Gasteiger partial charge in [0.2, 0.25) is 0 Å². The highest BCUT2D eigenvalue weighted by Crippen LogP contribution is 2.56. The fourth-order valence-electron chi connectivity index (χ4n) is 23.4. The quantitative estimate of drug-likeness (QED) is 0.249. The number of hydrogen-bond acceptors (Lipinski definition) is 0. The second-order valence-electron chi connectivity index (χ2n) is 38.2. The van der Waals surface area contributed by atoms with Gasteiger partial charge in [-0.3, -0.25) is 0 Å². The molecule has 12 aliphatic rings. The molecule has 0 radical (unpaired) electrons. The van der Waals surface area contributed by atoms with Crippen LogP contribution < -0.4 is 0 Å². The molecule has 0 nitrogen and oxygen atoms in total. The molecule has 0 saturated heterocycles. The normalized spacial score (nSPS) is 39.4. The molecule has 12 saturated carbocycles.